The number of phenolic OH excluding ortho intramolecular Hbond substituents is 2. The van der Waals surface area contributed by atoms with E-state index in [1.54, 1.807) is 31.0 Å². The largest absolute Gasteiger partial charge is 0.508 e. The lowest BCUT2D eigenvalue weighted by Crippen LogP contribution is -2.69. The summed E-state index contributed by atoms with van der Waals surface area (Å²) in [5, 5.41) is 37.9. The Morgan fingerprint density at radius 1 is 1.10 bits per heavy atom. The number of hydrogen-bond acceptors (Lipinski definition) is 14. The first kappa shape index (κ1) is 37.3. The number of ether oxygens (including phenoxy) is 5. The van der Waals surface area contributed by atoms with E-state index in [0.29, 0.717) is 52.5 Å². The smallest absolute Gasteiger partial charge is 0.308 e. The first-order valence-electron chi connectivity index (χ1n) is 19.7. The average molecular weight is 808 g/mol. The van der Waals surface area contributed by atoms with Crippen molar-refractivity contribution in [1.82, 2.24) is 20.1 Å². The Kier molecular flexibility index (Phi) is 8.53. The highest BCUT2D eigenvalue weighted by atomic mass is 32.2. The average Bonchev–Trinajstić information content (AvgIpc) is 3.81. The molecule has 14 nitrogen and oxygen atoms in total. The summed E-state index contributed by atoms with van der Waals surface area (Å²) >= 11 is 1.54. The number of aryl methyl sites for hydroxylation is 1. The van der Waals surface area contributed by atoms with Gasteiger partial charge in [-0.1, -0.05) is 6.07 Å². The number of thioether (sulfide) groups is 1. The van der Waals surface area contributed by atoms with Crippen molar-refractivity contribution in [1.29, 1.82) is 5.26 Å². The molecule has 7 aliphatic heterocycles. The molecule has 302 valence electrons. The van der Waals surface area contributed by atoms with Crippen LogP contribution < -0.4 is 24.3 Å². The van der Waals surface area contributed by atoms with Gasteiger partial charge in [0.15, 0.2) is 28.8 Å². The molecule has 3 aromatic carbocycles. The number of methoxy groups -OCH3 is 1. The molecule has 2 unspecified atom stereocenters. The van der Waals surface area contributed by atoms with Crippen molar-refractivity contribution in [2.75, 3.05) is 39.9 Å². The summed E-state index contributed by atoms with van der Waals surface area (Å²) in [5.41, 5.74) is 5.68. The lowest BCUT2D eigenvalue weighted by atomic mass is 9.71. The molecule has 8 heterocycles. The maximum absolute atomic E-state index is 15.0. The zero-order valence-electron chi connectivity index (χ0n) is 33.1. The lowest BCUT2D eigenvalue weighted by Gasteiger charge is -2.61. The number of fused-ring (bicyclic) bond motifs is 12. The Morgan fingerprint density at radius 3 is 2.66 bits per heavy atom. The van der Waals surface area contributed by atoms with Gasteiger partial charge in [-0.15, -0.1) is 11.8 Å². The fourth-order valence-electron chi connectivity index (χ4n) is 11.1. The molecule has 0 saturated carbocycles. The van der Waals surface area contributed by atoms with E-state index in [9.17, 15) is 20.3 Å². The Balaban J connectivity index is 1.26. The van der Waals surface area contributed by atoms with Crippen LogP contribution in [0.1, 0.15) is 75.8 Å². The van der Waals surface area contributed by atoms with E-state index in [2.05, 4.69) is 32.2 Å². The molecule has 15 heteroatoms. The molecule has 4 aromatic rings. The number of nitrogens with one attached hydrogen (secondary N) is 2. The zero-order chi connectivity index (χ0) is 40.5. The molecule has 2 saturated heterocycles. The number of Topliss-reactive ketones (excluding diaryl/α,β-unsaturated/α-hetero) is 1. The van der Waals surface area contributed by atoms with Crippen molar-refractivity contribution in [2.24, 2.45) is 0 Å². The van der Waals surface area contributed by atoms with Crippen LogP contribution in [0.25, 0.3) is 10.9 Å². The fourth-order valence-corrected chi connectivity index (χ4v) is 12.8. The van der Waals surface area contributed by atoms with Gasteiger partial charge in [0.05, 0.1) is 37.1 Å². The van der Waals surface area contributed by atoms with Crippen LogP contribution in [-0.2, 0) is 32.7 Å². The quantitative estimate of drug-likeness (QED) is 0.159. The van der Waals surface area contributed by atoms with Crippen LogP contribution in [0.4, 0.5) is 0 Å². The first-order valence-corrected chi connectivity index (χ1v) is 20.7. The van der Waals surface area contributed by atoms with E-state index in [4.69, 9.17) is 23.7 Å². The summed E-state index contributed by atoms with van der Waals surface area (Å²) in [5.74, 6) is 1.43. The molecule has 1 aromatic heterocycles. The van der Waals surface area contributed by atoms with Gasteiger partial charge < -0.3 is 38.9 Å². The Labute approximate surface area is 339 Å². The maximum Gasteiger partial charge on any atom is 0.308 e. The third-order valence-corrected chi connectivity index (χ3v) is 14.8. The molecule has 7 aliphatic rings. The number of rotatable bonds is 2. The number of esters is 1. The van der Waals surface area contributed by atoms with Gasteiger partial charge in [-0.3, -0.25) is 24.7 Å². The van der Waals surface area contributed by atoms with Crippen LogP contribution in [0.2, 0.25) is 0 Å². The van der Waals surface area contributed by atoms with Crippen molar-refractivity contribution in [3.8, 4) is 40.6 Å². The van der Waals surface area contributed by atoms with E-state index < -0.39 is 40.9 Å². The van der Waals surface area contributed by atoms with E-state index >= 15 is 4.79 Å². The third kappa shape index (κ3) is 5.05. The van der Waals surface area contributed by atoms with Crippen molar-refractivity contribution in [3.63, 3.8) is 0 Å². The Morgan fingerprint density at radius 2 is 1.90 bits per heavy atom. The number of benzene rings is 3. The van der Waals surface area contributed by atoms with Crippen LogP contribution in [0, 0.1) is 25.2 Å². The van der Waals surface area contributed by atoms with Gasteiger partial charge in [-0.2, -0.15) is 5.26 Å². The molecule has 0 radical (unpaired) electrons. The minimum absolute atomic E-state index is 0.00144. The summed E-state index contributed by atoms with van der Waals surface area (Å²) < 4.78 is 30.9. The van der Waals surface area contributed by atoms with E-state index in [1.165, 1.54) is 6.92 Å². The van der Waals surface area contributed by atoms with Crippen molar-refractivity contribution in [2.45, 2.75) is 87.6 Å². The zero-order valence-corrected chi connectivity index (χ0v) is 33.9. The molecule has 8 atom stereocenters. The van der Waals surface area contributed by atoms with Crippen molar-refractivity contribution >= 4 is 34.4 Å². The highest BCUT2D eigenvalue weighted by Crippen LogP contribution is 2.64. The molecule has 58 heavy (non-hydrogen) atoms. The number of aromatic nitrogens is 1. The van der Waals surface area contributed by atoms with Crippen LogP contribution in [0.5, 0.6) is 34.5 Å². The fraction of sp³-hybridized carbons (Fsp3) is 0.465. The van der Waals surface area contributed by atoms with E-state index in [0.717, 1.165) is 38.9 Å². The number of nitriles is 1. The lowest BCUT2D eigenvalue weighted by molar-refractivity contribution is -0.133. The molecular formula is C43H45N5O9S. The second-order valence-corrected chi connectivity index (χ2v) is 17.7. The number of ketones is 1. The minimum atomic E-state index is -1.27. The minimum Gasteiger partial charge on any atom is -0.508 e. The number of hydrogen-bond donors (Lipinski definition) is 4. The normalized spacial score (nSPS) is 29.9. The predicted octanol–water partition coefficient (Wildman–Crippen LogP) is 4.89. The standard InChI is InChI=1S/C43H45N5O9S/c1-18-9-22-11-27-28(13-44)48-29-14-54-15-30(51)43(42-25(10-19(2)46-43)24-12-23(50)7-8-26(24)45-42)16-58-41(35(48)34(47(27)5)31(22)36(52)37(18)53-6)33-32(29)40-39(55-17-56-40)20(3)38(33)57-21(4)49/h7-9,12,19,27-29,34-35,41,45-46,50,52H,10-11,14-17H2,1-6H3/t19?,27-,28+,29+,34+,35?,41-,43+/m1/s1. The summed E-state index contributed by atoms with van der Waals surface area (Å²) in [4.78, 5) is 36.1. The monoisotopic (exact) mass is 807 g/mol. The highest BCUT2D eigenvalue weighted by molar-refractivity contribution is 7.99. The number of piperazine rings is 1. The topological polar surface area (TPSA) is 179 Å². The van der Waals surface area contributed by atoms with Gasteiger partial charge in [0.25, 0.3) is 0 Å². The number of H-pyrrole nitrogens is 1. The van der Waals surface area contributed by atoms with Gasteiger partial charge in [-0.05, 0) is 75.5 Å². The predicted molar refractivity (Wildman–Crippen MR) is 213 cm³/mol. The molecule has 4 N–H and O–H groups in total. The third-order valence-electron chi connectivity index (χ3n) is 13.3. The SMILES string of the molecule is COc1c(C)cc2c(c1O)[C@H]1C3[C@@H]4SC[C@]5(NC(C)Cc6c5[nH]c5ccc(O)cc65)C(=O)COC[C@@H](c5c6c(c(C)c(OC(C)=O)c54)OCO6)N3[C@@H](C#N)[C@@H](C2)N1C. The van der Waals surface area contributed by atoms with Gasteiger partial charge in [-0.25, -0.2) is 0 Å². The number of nitrogens with zero attached hydrogens (tertiary/aromatic N) is 3. The second kappa shape index (κ2) is 13.3. The molecule has 0 amide bonds. The molecular weight excluding hydrogens is 763 g/mol. The van der Waals surface area contributed by atoms with Crippen LogP contribution in [-0.4, -0.2) is 101 Å². The number of carbonyl (C=O) groups excluding carboxylic acids is 2. The molecule has 1 spiro atoms. The molecule has 4 bridgehead atoms. The summed E-state index contributed by atoms with van der Waals surface area (Å²) in [6, 6.07) is 7.23. The van der Waals surface area contributed by atoms with E-state index in [1.807, 2.05) is 33.9 Å². The second-order valence-electron chi connectivity index (χ2n) is 16.5. The van der Waals surface area contributed by atoms with Gasteiger partial charge >= 0.3 is 5.97 Å². The van der Waals surface area contributed by atoms with Gasteiger partial charge in [0.2, 0.25) is 6.79 Å². The van der Waals surface area contributed by atoms with Crippen LogP contribution >= 0.6 is 11.8 Å². The number of phenols is 2. The van der Waals surface area contributed by atoms with Crippen LogP contribution in [0.15, 0.2) is 24.3 Å². The van der Waals surface area contributed by atoms with Gasteiger partial charge in [0.1, 0.15) is 29.7 Å². The number of aromatic hydroxyl groups is 2. The highest BCUT2D eigenvalue weighted by Gasteiger charge is 2.61. The Bertz CT molecular complexity index is 2500. The number of likely N-dealkylation sites (N-methyl/N-ethyl adjacent to an activating group) is 1. The summed E-state index contributed by atoms with van der Waals surface area (Å²) in [6.07, 6.45) is 1.13. The van der Waals surface area contributed by atoms with Crippen molar-refractivity contribution in [3.05, 3.63) is 68.9 Å². The molecule has 2 fully saturated rings. The number of aromatic amines is 1. The first-order chi connectivity index (χ1) is 27.9. The number of carbonyl (C=O) groups is 2. The van der Waals surface area contributed by atoms with Gasteiger partial charge in [0, 0.05) is 69.7 Å². The van der Waals surface area contributed by atoms with Crippen LogP contribution in [0.3, 0.4) is 0 Å². The summed E-state index contributed by atoms with van der Waals surface area (Å²) in [7, 11) is 3.55. The summed E-state index contributed by atoms with van der Waals surface area (Å²) in [6.45, 7) is 6.90. The molecule has 11 rings (SSSR count). The van der Waals surface area contributed by atoms with E-state index in [-0.39, 0.29) is 55.1 Å². The molecule has 0 aliphatic carbocycles. The Hall–Kier alpha value is -4.98. The maximum atomic E-state index is 15.0. The van der Waals surface area contributed by atoms with Crippen molar-refractivity contribution < 1.29 is 43.5 Å².